The number of nitrogens with one attached hydrogen (secondary N) is 1. The highest BCUT2D eigenvalue weighted by Crippen LogP contribution is 2.19. The fourth-order valence-electron chi connectivity index (χ4n) is 1.67. The van der Waals surface area contributed by atoms with Gasteiger partial charge in [-0.2, -0.15) is 0 Å². The van der Waals surface area contributed by atoms with Crippen molar-refractivity contribution in [1.29, 1.82) is 0 Å². The smallest absolute Gasteiger partial charge is 0.146 e. The number of rotatable bonds is 5. The molecule has 5 heteroatoms. The lowest BCUT2D eigenvalue weighted by atomic mass is 10.2. The Balaban J connectivity index is 1.84. The fraction of sp³-hybridized carbons (Fsp3) is 0.200. The summed E-state index contributed by atoms with van der Waals surface area (Å²) in [6.45, 7) is 2.27. The maximum absolute atomic E-state index is 13.5. The first-order chi connectivity index (χ1) is 9.56. The molecule has 0 aliphatic heterocycles. The zero-order valence-electron chi connectivity index (χ0n) is 10.9. The van der Waals surface area contributed by atoms with Gasteiger partial charge in [0, 0.05) is 17.1 Å². The highest BCUT2D eigenvalue weighted by Gasteiger charge is 2.06. The van der Waals surface area contributed by atoms with E-state index in [-0.39, 0.29) is 5.69 Å². The first kappa shape index (κ1) is 14.8. The van der Waals surface area contributed by atoms with E-state index in [0.717, 1.165) is 16.3 Å². The van der Waals surface area contributed by atoms with Gasteiger partial charge >= 0.3 is 0 Å². The normalized spacial score (nSPS) is 10.4. The van der Waals surface area contributed by atoms with Gasteiger partial charge in [-0.15, -0.1) is 0 Å². The fourth-order valence-corrected chi connectivity index (χ4v) is 1.93. The van der Waals surface area contributed by atoms with Crippen molar-refractivity contribution in [3.8, 4) is 5.75 Å². The van der Waals surface area contributed by atoms with E-state index in [1.165, 1.54) is 13.0 Å². The van der Waals surface area contributed by atoms with Gasteiger partial charge in [-0.05, 0) is 42.8 Å². The summed E-state index contributed by atoms with van der Waals surface area (Å²) in [6, 6.07) is 9.74. The highest BCUT2D eigenvalue weighted by molar-refractivity contribution is 9.10. The average molecular weight is 342 g/mol. The summed E-state index contributed by atoms with van der Waals surface area (Å²) in [5.41, 5.74) is 0.437. The maximum atomic E-state index is 13.5. The summed E-state index contributed by atoms with van der Waals surface area (Å²) in [7, 11) is 0. The SMILES string of the molecule is Cc1cc(F)c(NCCOc2ccc(Br)cc2)cc1F. The van der Waals surface area contributed by atoms with Gasteiger partial charge in [0.1, 0.15) is 24.0 Å². The first-order valence-electron chi connectivity index (χ1n) is 6.14. The van der Waals surface area contributed by atoms with Crippen LogP contribution < -0.4 is 10.1 Å². The quantitative estimate of drug-likeness (QED) is 0.807. The van der Waals surface area contributed by atoms with Crippen LogP contribution in [0.2, 0.25) is 0 Å². The Labute approximate surface area is 124 Å². The summed E-state index contributed by atoms with van der Waals surface area (Å²) < 4.78 is 33.3. The van der Waals surface area contributed by atoms with Crippen LogP contribution in [0.1, 0.15) is 5.56 Å². The molecule has 0 bridgehead atoms. The Morgan fingerprint density at radius 1 is 1.10 bits per heavy atom. The summed E-state index contributed by atoms with van der Waals surface area (Å²) in [5, 5.41) is 2.81. The predicted octanol–water partition coefficient (Wildman–Crippen LogP) is 4.53. The van der Waals surface area contributed by atoms with Gasteiger partial charge in [-0.3, -0.25) is 0 Å². The largest absolute Gasteiger partial charge is 0.492 e. The molecule has 2 rings (SSSR count). The summed E-state index contributed by atoms with van der Waals surface area (Å²) in [4.78, 5) is 0. The average Bonchev–Trinajstić information content (AvgIpc) is 2.42. The Kier molecular flexibility index (Phi) is 4.95. The minimum Gasteiger partial charge on any atom is -0.492 e. The van der Waals surface area contributed by atoms with Crippen LogP contribution in [-0.2, 0) is 0 Å². The van der Waals surface area contributed by atoms with Gasteiger partial charge in [0.2, 0.25) is 0 Å². The molecule has 0 saturated heterocycles. The number of hydrogen-bond donors (Lipinski definition) is 1. The molecule has 20 heavy (non-hydrogen) atoms. The lowest BCUT2D eigenvalue weighted by molar-refractivity contribution is 0.332. The molecule has 2 aromatic rings. The van der Waals surface area contributed by atoms with E-state index in [1.54, 1.807) is 0 Å². The van der Waals surface area contributed by atoms with E-state index < -0.39 is 11.6 Å². The third-order valence-corrected chi connectivity index (χ3v) is 3.28. The molecule has 106 valence electrons. The Bertz CT molecular complexity index is 587. The van der Waals surface area contributed by atoms with Crippen molar-refractivity contribution < 1.29 is 13.5 Å². The molecule has 0 amide bonds. The van der Waals surface area contributed by atoms with Gasteiger partial charge in [-0.25, -0.2) is 8.78 Å². The molecule has 0 unspecified atom stereocenters. The van der Waals surface area contributed by atoms with Crippen LogP contribution in [0.5, 0.6) is 5.75 Å². The third-order valence-electron chi connectivity index (χ3n) is 2.75. The van der Waals surface area contributed by atoms with Crippen molar-refractivity contribution in [2.24, 2.45) is 0 Å². The van der Waals surface area contributed by atoms with Crippen LogP contribution in [0.15, 0.2) is 40.9 Å². The number of hydrogen-bond acceptors (Lipinski definition) is 2. The van der Waals surface area contributed by atoms with Crippen molar-refractivity contribution in [1.82, 2.24) is 0 Å². The van der Waals surface area contributed by atoms with Crippen LogP contribution in [0.4, 0.5) is 14.5 Å². The van der Waals surface area contributed by atoms with Gasteiger partial charge in [0.15, 0.2) is 0 Å². The minimum absolute atomic E-state index is 0.146. The molecule has 0 aromatic heterocycles. The van der Waals surface area contributed by atoms with Crippen molar-refractivity contribution in [2.45, 2.75) is 6.92 Å². The molecule has 0 spiro atoms. The van der Waals surface area contributed by atoms with Crippen LogP contribution in [0.25, 0.3) is 0 Å². The summed E-state index contributed by atoms with van der Waals surface area (Å²) in [6.07, 6.45) is 0. The van der Waals surface area contributed by atoms with E-state index >= 15 is 0 Å². The molecular weight excluding hydrogens is 328 g/mol. The molecule has 0 heterocycles. The lowest BCUT2D eigenvalue weighted by Crippen LogP contribution is -2.12. The monoisotopic (exact) mass is 341 g/mol. The molecule has 0 radical (unpaired) electrons. The zero-order valence-corrected chi connectivity index (χ0v) is 12.5. The van der Waals surface area contributed by atoms with E-state index in [0.29, 0.717) is 18.7 Å². The van der Waals surface area contributed by atoms with Crippen molar-refractivity contribution in [3.05, 3.63) is 58.1 Å². The Morgan fingerprint density at radius 3 is 2.50 bits per heavy atom. The third kappa shape index (κ3) is 3.93. The second-order valence-corrected chi connectivity index (χ2v) is 5.23. The molecule has 2 aromatic carbocycles. The van der Waals surface area contributed by atoms with Gasteiger partial charge in [0.25, 0.3) is 0 Å². The number of benzene rings is 2. The molecule has 0 aliphatic rings. The van der Waals surface area contributed by atoms with Crippen LogP contribution in [0.3, 0.4) is 0 Å². The van der Waals surface area contributed by atoms with Gasteiger partial charge in [0.05, 0.1) is 5.69 Å². The Morgan fingerprint density at radius 2 is 1.80 bits per heavy atom. The predicted molar refractivity (Wildman–Crippen MR) is 79.2 cm³/mol. The Hall–Kier alpha value is -1.62. The molecule has 2 nitrogen and oxygen atoms in total. The van der Waals surface area contributed by atoms with Crippen molar-refractivity contribution >= 4 is 21.6 Å². The zero-order chi connectivity index (χ0) is 14.5. The first-order valence-corrected chi connectivity index (χ1v) is 6.93. The van der Waals surface area contributed by atoms with E-state index in [1.807, 2.05) is 24.3 Å². The number of aryl methyl sites for hydroxylation is 1. The molecular formula is C15H14BrF2NO. The highest BCUT2D eigenvalue weighted by atomic mass is 79.9. The summed E-state index contributed by atoms with van der Waals surface area (Å²) in [5.74, 6) is -0.166. The number of ether oxygens (including phenoxy) is 1. The standard InChI is InChI=1S/C15H14BrF2NO/c1-10-8-14(18)15(9-13(10)17)19-6-7-20-12-4-2-11(16)3-5-12/h2-5,8-9,19H,6-7H2,1H3. The lowest BCUT2D eigenvalue weighted by Gasteiger charge is -2.10. The van der Waals surface area contributed by atoms with Crippen LogP contribution in [0, 0.1) is 18.6 Å². The van der Waals surface area contributed by atoms with Crippen molar-refractivity contribution in [3.63, 3.8) is 0 Å². The number of anilines is 1. The van der Waals surface area contributed by atoms with E-state index in [9.17, 15) is 8.78 Å². The van der Waals surface area contributed by atoms with Gasteiger partial charge in [-0.1, -0.05) is 15.9 Å². The van der Waals surface area contributed by atoms with Gasteiger partial charge < -0.3 is 10.1 Å². The second-order valence-electron chi connectivity index (χ2n) is 4.31. The molecule has 0 atom stereocenters. The molecule has 0 aliphatic carbocycles. The van der Waals surface area contributed by atoms with E-state index in [4.69, 9.17) is 4.74 Å². The van der Waals surface area contributed by atoms with E-state index in [2.05, 4.69) is 21.2 Å². The maximum Gasteiger partial charge on any atom is 0.146 e. The van der Waals surface area contributed by atoms with Crippen LogP contribution in [-0.4, -0.2) is 13.2 Å². The number of halogens is 3. The van der Waals surface area contributed by atoms with Crippen LogP contribution >= 0.6 is 15.9 Å². The molecule has 0 saturated carbocycles. The second kappa shape index (κ2) is 6.70. The van der Waals surface area contributed by atoms with Crippen molar-refractivity contribution in [2.75, 3.05) is 18.5 Å². The minimum atomic E-state index is -0.465. The molecule has 0 fully saturated rings. The topological polar surface area (TPSA) is 21.3 Å². The molecule has 1 N–H and O–H groups in total. The summed E-state index contributed by atoms with van der Waals surface area (Å²) >= 11 is 3.33.